The molecule has 6 heteroatoms. The predicted molar refractivity (Wildman–Crippen MR) is 89.4 cm³/mol. The summed E-state index contributed by atoms with van der Waals surface area (Å²) in [6.07, 6.45) is 2.89. The Morgan fingerprint density at radius 2 is 1.96 bits per heavy atom. The molecule has 118 valence electrons. The molecule has 1 aromatic heterocycles. The highest BCUT2D eigenvalue weighted by molar-refractivity contribution is 7.10. The average molecular weight is 329 g/mol. The fourth-order valence-corrected chi connectivity index (χ4v) is 2.42. The molecule has 0 fully saturated rings. The first-order chi connectivity index (χ1) is 11.1. The summed E-state index contributed by atoms with van der Waals surface area (Å²) < 4.78 is 4.86. The van der Waals surface area contributed by atoms with Gasteiger partial charge in [-0.25, -0.2) is 4.79 Å². The lowest BCUT2D eigenvalue weighted by Gasteiger charge is -2.08. The van der Waals surface area contributed by atoms with Gasteiger partial charge in [0.1, 0.15) is 0 Å². The van der Waals surface area contributed by atoms with Crippen LogP contribution in [-0.2, 0) is 14.3 Å². The van der Waals surface area contributed by atoms with Gasteiger partial charge in [0.25, 0.3) is 5.91 Å². The molecule has 0 unspecified atom stereocenters. The molecule has 23 heavy (non-hydrogen) atoms. The minimum Gasteiger partial charge on any atom is -0.452 e. The van der Waals surface area contributed by atoms with Gasteiger partial charge in [-0.05, 0) is 36.6 Å². The van der Waals surface area contributed by atoms with E-state index in [1.165, 1.54) is 24.3 Å². The van der Waals surface area contributed by atoms with Crippen molar-refractivity contribution in [1.82, 2.24) is 0 Å². The lowest BCUT2D eigenvalue weighted by molar-refractivity contribution is -0.142. The highest BCUT2D eigenvalue weighted by Gasteiger charge is 2.10. The van der Waals surface area contributed by atoms with Crippen molar-refractivity contribution < 1.29 is 19.1 Å². The molecule has 0 aliphatic heterocycles. The molecule has 2 aromatic rings. The normalized spacial score (nSPS) is 10.5. The van der Waals surface area contributed by atoms with Crippen LogP contribution in [0.15, 0.2) is 47.9 Å². The van der Waals surface area contributed by atoms with Gasteiger partial charge in [-0.1, -0.05) is 18.2 Å². The first-order valence-electron chi connectivity index (χ1n) is 6.84. The summed E-state index contributed by atoms with van der Waals surface area (Å²) in [7, 11) is 0. The Balaban J connectivity index is 1.86. The zero-order valence-electron chi connectivity index (χ0n) is 12.4. The maximum absolute atomic E-state index is 11.8. The minimum absolute atomic E-state index is 0.156. The topological polar surface area (TPSA) is 72.5 Å². The van der Waals surface area contributed by atoms with Gasteiger partial charge in [0, 0.05) is 16.5 Å². The Morgan fingerprint density at radius 3 is 2.65 bits per heavy atom. The average Bonchev–Trinajstić information content (AvgIpc) is 3.04. The summed E-state index contributed by atoms with van der Waals surface area (Å²) in [5.74, 6) is -1.26. The highest BCUT2D eigenvalue weighted by Crippen LogP contribution is 2.15. The summed E-state index contributed by atoms with van der Waals surface area (Å²) in [6.45, 7) is 1.00. The third kappa shape index (κ3) is 5.19. The molecule has 2 rings (SSSR count). The van der Waals surface area contributed by atoms with E-state index in [4.69, 9.17) is 4.74 Å². The van der Waals surface area contributed by atoms with Crippen LogP contribution in [0.1, 0.15) is 22.2 Å². The van der Waals surface area contributed by atoms with Crippen molar-refractivity contribution in [3.05, 3.63) is 58.3 Å². The molecular formula is C17H15NO4S. The fraction of sp³-hybridized carbons (Fsp3) is 0.118. The van der Waals surface area contributed by atoms with Gasteiger partial charge >= 0.3 is 5.97 Å². The molecule has 0 bridgehead atoms. The molecule has 5 nitrogen and oxygen atoms in total. The quantitative estimate of drug-likeness (QED) is 0.502. The van der Waals surface area contributed by atoms with E-state index in [1.54, 1.807) is 30.3 Å². The number of amides is 1. The van der Waals surface area contributed by atoms with Gasteiger partial charge in [0.15, 0.2) is 12.4 Å². The summed E-state index contributed by atoms with van der Waals surface area (Å²) >= 11 is 1.49. The Hall–Kier alpha value is -2.73. The summed E-state index contributed by atoms with van der Waals surface area (Å²) in [5.41, 5.74) is 0.806. The van der Waals surface area contributed by atoms with E-state index in [-0.39, 0.29) is 5.78 Å². The Labute approximate surface area is 137 Å². The third-order valence-corrected chi connectivity index (χ3v) is 3.69. The van der Waals surface area contributed by atoms with E-state index >= 15 is 0 Å². The second-order valence-electron chi connectivity index (χ2n) is 4.61. The monoisotopic (exact) mass is 329 g/mol. The van der Waals surface area contributed by atoms with Crippen LogP contribution in [-0.4, -0.2) is 24.3 Å². The number of thiophene rings is 1. The maximum Gasteiger partial charge on any atom is 0.331 e. The zero-order chi connectivity index (χ0) is 16.7. The van der Waals surface area contributed by atoms with Crippen LogP contribution < -0.4 is 5.32 Å². The van der Waals surface area contributed by atoms with Gasteiger partial charge in [0.2, 0.25) is 0 Å². The number of anilines is 1. The lowest BCUT2D eigenvalue weighted by Crippen LogP contribution is -2.21. The Morgan fingerprint density at radius 1 is 1.17 bits per heavy atom. The number of Topliss-reactive ketones (excluding diaryl/α,β-unsaturated/α-hetero) is 1. The summed E-state index contributed by atoms with van der Waals surface area (Å²) in [6, 6.07) is 10.4. The minimum atomic E-state index is -0.603. The molecule has 1 N–H and O–H groups in total. The van der Waals surface area contributed by atoms with Crippen LogP contribution in [0.2, 0.25) is 0 Å². The van der Waals surface area contributed by atoms with Crippen molar-refractivity contribution in [2.75, 3.05) is 11.9 Å². The molecule has 0 saturated heterocycles. The summed E-state index contributed by atoms with van der Waals surface area (Å²) in [5, 5.41) is 4.45. The van der Waals surface area contributed by atoms with Crippen LogP contribution in [0.5, 0.6) is 0 Å². The smallest absolute Gasteiger partial charge is 0.331 e. The highest BCUT2D eigenvalue weighted by atomic mass is 32.1. The Bertz CT molecular complexity index is 735. The van der Waals surface area contributed by atoms with Gasteiger partial charge in [0.05, 0.1) is 5.69 Å². The fourth-order valence-electron chi connectivity index (χ4n) is 1.81. The van der Waals surface area contributed by atoms with E-state index in [1.807, 2.05) is 17.5 Å². The van der Waals surface area contributed by atoms with E-state index < -0.39 is 18.5 Å². The number of carbonyl (C=O) groups excluding carboxylic acids is 3. The van der Waals surface area contributed by atoms with Crippen LogP contribution in [0.3, 0.4) is 0 Å². The molecule has 1 aromatic carbocycles. The molecule has 0 atom stereocenters. The van der Waals surface area contributed by atoms with Crippen molar-refractivity contribution >= 4 is 40.8 Å². The van der Waals surface area contributed by atoms with E-state index in [2.05, 4.69) is 5.32 Å². The van der Waals surface area contributed by atoms with E-state index in [0.29, 0.717) is 11.3 Å². The Kier molecular flexibility index (Phi) is 5.82. The van der Waals surface area contributed by atoms with Gasteiger partial charge in [-0.15, -0.1) is 11.3 Å². The molecule has 0 aliphatic carbocycles. The first-order valence-corrected chi connectivity index (χ1v) is 7.72. The molecule has 1 heterocycles. The lowest BCUT2D eigenvalue weighted by atomic mass is 10.1. The third-order valence-electron chi connectivity index (χ3n) is 2.85. The van der Waals surface area contributed by atoms with Crippen LogP contribution in [0.4, 0.5) is 5.69 Å². The number of esters is 1. The number of para-hydroxylation sites is 1. The maximum atomic E-state index is 11.8. The van der Waals surface area contributed by atoms with Crippen LogP contribution >= 0.6 is 11.3 Å². The van der Waals surface area contributed by atoms with Crippen molar-refractivity contribution in [3.63, 3.8) is 0 Å². The van der Waals surface area contributed by atoms with Crippen molar-refractivity contribution in [1.29, 1.82) is 0 Å². The molecule has 1 amide bonds. The molecule has 0 radical (unpaired) electrons. The molecule has 0 saturated carbocycles. The van der Waals surface area contributed by atoms with E-state index in [0.717, 1.165) is 4.88 Å². The van der Waals surface area contributed by atoms with Crippen molar-refractivity contribution in [3.8, 4) is 0 Å². The number of ketones is 1. The van der Waals surface area contributed by atoms with E-state index in [9.17, 15) is 14.4 Å². The first kappa shape index (κ1) is 16.6. The second-order valence-corrected chi connectivity index (χ2v) is 5.59. The van der Waals surface area contributed by atoms with Crippen LogP contribution in [0.25, 0.3) is 6.08 Å². The largest absolute Gasteiger partial charge is 0.452 e. The molecule has 0 spiro atoms. The number of hydrogen-bond acceptors (Lipinski definition) is 5. The van der Waals surface area contributed by atoms with Gasteiger partial charge < -0.3 is 10.1 Å². The number of carbonyl (C=O) groups is 3. The van der Waals surface area contributed by atoms with Crippen molar-refractivity contribution in [2.45, 2.75) is 6.92 Å². The molecule has 0 aliphatic rings. The summed E-state index contributed by atoms with van der Waals surface area (Å²) in [4.78, 5) is 35.7. The number of hydrogen-bond donors (Lipinski definition) is 1. The second kappa shape index (κ2) is 8.05. The predicted octanol–water partition coefficient (Wildman–Crippen LogP) is 3.15. The zero-order valence-corrected chi connectivity index (χ0v) is 13.3. The van der Waals surface area contributed by atoms with Gasteiger partial charge in [-0.2, -0.15) is 0 Å². The van der Waals surface area contributed by atoms with Crippen LogP contribution in [0, 0.1) is 0 Å². The standard InChI is InChI=1S/C17H15NO4S/c1-12(19)14-6-2-3-7-15(14)18-16(20)11-22-17(21)9-8-13-5-4-10-23-13/h2-10H,11H2,1H3,(H,18,20)/b9-8+. The molecular weight excluding hydrogens is 314 g/mol. The SMILES string of the molecule is CC(=O)c1ccccc1NC(=O)COC(=O)/C=C/c1cccs1. The number of rotatable bonds is 6. The number of nitrogens with one attached hydrogen (secondary N) is 1. The van der Waals surface area contributed by atoms with Gasteiger partial charge in [-0.3, -0.25) is 9.59 Å². The number of ether oxygens (including phenoxy) is 1. The number of benzene rings is 1. The van der Waals surface area contributed by atoms with Crippen molar-refractivity contribution in [2.24, 2.45) is 0 Å².